The van der Waals surface area contributed by atoms with Gasteiger partial charge in [-0.2, -0.15) is 0 Å². The number of hydrogen-bond acceptors (Lipinski definition) is 3. The summed E-state index contributed by atoms with van der Waals surface area (Å²) in [6, 6.07) is 7.40. The van der Waals surface area contributed by atoms with Gasteiger partial charge < -0.3 is 10.1 Å². The molecule has 0 spiro atoms. The highest BCUT2D eigenvalue weighted by molar-refractivity contribution is 6.30. The maximum absolute atomic E-state index is 11.8. The van der Waals surface area contributed by atoms with Gasteiger partial charge in [0.05, 0.1) is 19.6 Å². The summed E-state index contributed by atoms with van der Waals surface area (Å²) in [4.78, 5) is 14.1. The van der Waals surface area contributed by atoms with Crippen molar-refractivity contribution in [2.24, 2.45) is 0 Å². The number of nitrogens with one attached hydrogen (secondary N) is 1. The predicted molar refractivity (Wildman–Crippen MR) is 75.4 cm³/mol. The van der Waals surface area contributed by atoms with Crippen molar-refractivity contribution in [3.8, 4) is 0 Å². The van der Waals surface area contributed by atoms with E-state index in [9.17, 15) is 4.79 Å². The highest BCUT2D eigenvalue weighted by atomic mass is 35.5. The summed E-state index contributed by atoms with van der Waals surface area (Å²) in [5, 5.41) is 3.60. The van der Waals surface area contributed by atoms with Crippen molar-refractivity contribution in [2.75, 3.05) is 39.4 Å². The van der Waals surface area contributed by atoms with E-state index in [2.05, 4.69) is 10.2 Å². The third-order valence-corrected chi connectivity index (χ3v) is 3.34. The van der Waals surface area contributed by atoms with Crippen LogP contribution >= 0.6 is 11.6 Å². The van der Waals surface area contributed by atoms with Crippen LogP contribution < -0.4 is 5.32 Å². The molecule has 0 aliphatic carbocycles. The van der Waals surface area contributed by atoms with Gasteiger partial charge in [0.1, 0.15) is 0 Å². The number of rotatable bonds is 5. The van der Waals surface area contributed by atoms with E-state index in [4.69, 9.17) is 16.3 Å². The lowest BCUT2D eigenvalue weighted by atomic mass is 10.1. The fraction of sp³-hybridized carbons (Fsp3) is 0.500. The van der Waals surface area contributed by atoms with Crippen LogP contribution in [0.1, 0.15) is 5.56 Å². The zero-order chi connectivity index (χ0) is 13.5. The predicted octanol–water partition coefficient (Wildman–Crippen LogP) is 1.33. The van der Waals surface area contributed by atoms with E-state index in [1.54, 1.807) is 6.07 Å². The highest BCUT2D eigenvalue weighted by Gasteiger charge is 2.10. The second-order valence-electron chi connectivity index (χ2n) is 4.61. The number of benzene rings is 1. The van der Waals surface area contributed by atoms with Crippen molar-refractivity contribution in [3.63, 3.8) is 0 Å². The van der Waals surface area contributed by atoms with Crippen LogP contribution in [0.5, 0.6) is 0 Å². The second-order valence-corrected chi connectivity index (χ2v) is 5.05. The smallest absolute Gasteiger partial charge is 0.224 e. The Morgan fingerprint density at radius 1 is 1.37 bits per heavy atom. The van der Waals surface area contributed by atoms with Crippen LogP contribution in [-0.4, -0.2) is 50.2 Å². The second kappa shape index (κ2) is 7.48. The van der Waals surface area contributed by atoms with Crippen molar-refractivity contribution >= 4 is 17.5 Å². The van der Waals surface area contributed by atoms with Crippen molar-refractivity contribution in [2.45, 2.75) is 6.42 Å². The first-order chi connectivity index (χ1) is 9.24. The number of carbonyl (C=O) groups is 1. The Bertz CT molecular complexity index is 420. The Morgan fingerprint density at radius 2 is 2.16 bits per heavy atom. The van der Waals surface area contributed by atoms with Gasteiger partial charge in [-0.15, -0.1) is 0 Å². The lowest BCUT2D eigenvalue weighted by Gasteiger charge is -2.26. The zero-order valence-corrected chi connectivity index (χ0v) is 11.7. The van der Waals surface area contributed by atoms with Gasteiger partial charge in [-0.3, -0.25) is 9.69 Å². The first kappa shape index (κ1) is 14.3. The summed E-state index contributed by atoms with van der Waals surface area (Å²) in [7, 11) is 0. The van der Waals surface area contributed by atoms with Crippen LogP contribution in [0.3, 0.4) is 0 Å². The van der Waals surface area contributed by atoms with Gasteiger partial charge in [0.15, 0.2) is 0 Å². The Kier molecular flexibility index (Phi) is 5.63. The van der Waals surface area contributed by atoms with Gasteiger partial charge in [-0.25, -0.2) is 0 Å². The molecule has 1 aromatic carbocycles. The molecule has 5 heteroatoms. The molecule has 0 atom stereocenters. The molecule has 104 valence electrons. The van der Waals surface area contributed by atoms with E-state index in [1.165, 1.54) is 0 Å². The quantitative estimate of drug-likeness (QED) is 0.886. The molecule has 0 saturated carbocycles. The van der Waals surface area contributed by atoms with Crippen molar-refractivity contribution in [1.29, 1.82) is 0 Å². The molecule has 0 aromatic heterocycles. The molecule has 19 heavy (non-hydrogen) atoms. The fourth-order valence-corrected chi connectivity index (χ4v) is 2.29. The van der Waals surface area contributed by atoms with E-state index in [0.717, 1.165) is 38.4 Å². The molecule has 2 rings (SSSR count). The number of carbonyl (C=O) groups excluding carboxylic acids is 1. The van der Waals surface area contributed by atoms with Gasteiger partial charge in [0.2, 0.25) is 5.91 Å². The molecule has 1 N–H and O–H groups in total. The van der Waals surface area contributed by atoms with Crippen LogP contribution in [0.15, 0.2) is 24.3 Å². The maximum Gasteiger partial charge on any atom is 0.224 e. The monoisotopic (exact) mass is 282 g/mol. The van der Waals surface area contributed by atoms with Crippen molar-refractivity contribution < 1.29 is 9.53 Å². The van der Waals surface area contributed by atoms with Crippen LogP contribution in [0.2, 0.25) is 5.02 Å². The Balaban J connectivity index is 1.67. The van der Waals surface area contributed by atoms with Gasteiger partial charge in [-0.1, -0.05) is 23.7 Å². The number of hydrogen-bond donors (Lipinski definition) is 1. The first-order valence-corrected chi connectivity index (χ1v) is 6.93. The van der Waals surface area contributed by atoms with E-state index in [1.807, 2.05) is 18.2 Å². The van der Waals surface area contributed by atoms with Gasteiger partial charge in [0, 0.05) is 31.2 Å². The molecule has 4 nitrogen and oxygen atoms in total. The molecule has 1 saturated heterocycles. The summed E-state index contributed by atoms with van der Waals surface area (Å²) in [5.74, 6) is 0.0375. The normalized spacial score (nSPS) is 16.3. The van der Waals surface area contributed by atoms with E-state index in [-0.39, 0.29) is 5.91 Å². The van der Waals surface area contributed by atoms with E-state index >= 15 is 0 Å². The average Bonchev–Trinajstić information content (AvgIpc) is 2.40. The molecular formula is C14H19ClN2O2. The lowest BCUT2D eigenvalue weighted by Crippen LogP contribution is -2.41. The number of nitrogens with zero attached hydrogens (tertiary/aromatic N) is 1. The minimum atomic E-state index is 0.0375. The number of amides is 1. The SMILES string of the molecule is O=C(Cc1cccc(Cl)c1)NCCN1CCOCC1. The summed E-state index contributed by atoms with van der Waals surface area (Å²) in [5.41, 5.74) is 0.941. The minimum absolute atomic E-state index is 0.0375. The molecule has 1 fully saturated rings. The largest absolute Gasteiger partial charge is 0.379 e. The molecule has 1 aromatic rings. The zero-order valence-electron chi connectivity index (χ0n) is 10.9. The molecular weight excluding hydrogens is 264 g/mol. The molecule has 0 unspecified atom stereocenters. The van der Waals surface area contributed by atoms with Gasteiger partial charge in [-0.05, 0) is 17.7 Å². The lowest BCUT2D eigenvalue weighted by molar-refractivity contribution is -0.120. The van der Waals surface area contributed by atoms with Gasteiger partial charge in [0.25, 0.3) is 0 Å². The number of ether oxygens (including phenoxy) is 1. The van der Waals surface area contributed by atoms with Crippen LogP contribution in [0.4, 0.5) is 0 Å². The Hall–Kier alpha value is -1.10. The molecule has 1 amide bonds. The summed E-state index contributed by atoms with van der Waals surface area (Å²) in [6.45, 7) is 5.03. The molecule has 0 bridgehead atoms. The standard InChI is InChI=1S/C14H19ClN2O2/c15-13-3-1-2-12(10-13)11-14(18)16-4-5-17-6-8-19-9-7-17/h1-3,10H,4-9,11H2,(H,16,18). The van der Waals surface area contributed by atoms with Crippen LogP contribution in [0, 0.1) is 0 Å². The van der Waals surface area contributed by atoms with E-state index < -0.39 is 0 Å². The first-order valence-electron chi connectivity index (χ1n) is 6.55. The molecule has 1 aliphatic rings. The van der Waals surface area contributed by atoms with Crippen molar-refractivity contribution in [1.82, 2.24) is 10.2 Å². The average molecular weight is 283 g/mol. The van der Waals surface area contributed by atoms with Crippen LogP contribution in [0.25, 0.3) is 0 Å². The highest BCUT2D eigenvalue weighted by Crippen LogP contribution is 2.10. The topological polar surface area (TPSA) is 41.6 Å². The van der Waals surface area contributed by atoms with E-state index in [0.29, 0.717) is 18.0 Å². The fourth-order valence-electron chi connectivity index (χ4n) is 2.07. The molecule has 0 radical (unpaired) electrons. The molecule has 1 aliphatic heterocycles. The van der Waals surface area contributed by atoms with Crippen molar-refractivity contribution in [3.05, 3.63) is 34.9 Å². The minimum Gasteiger partial charge on any atom is -0.379 e. The maximum atomic E-state index is 11.8. The number of halogens is 1. The summed E-state index contributed by atoms with van der Waals surface area (Å²) >= 11 is 5.88. The molecule has 1 heterocycles. The summed E-state index contributed by atoms with van der Waals surface area (Å²) in [6.07, 6.45) is 0.379. The number of morpholine rings is 1. The Morgan fingerprint density at radius 3 is 2.89 bits per heavy atom. The third-order valence-electron chi connectivity index (χ3n) is 3.11. The Labute approximate surface area is 118 Å². The third kappa shape index (κ3) is 5.19. The summed E-state index contributed by atoms with van der Waals surface area (Å²) < 4.78 is 5.28. The van der Waals surface area contributed by atoms with Crippen LogP contribution in [-0.2, 0) is 16.0 Å². The van der Waals surface area contributed by atoms with Gasteiger partial charge >= 0.3 is 0 Å².